The number of hydrogen-bond donors (Lipinski definition) is 3. The highest BCUT2D eigenvalue weighted by molar-refractivity contribution is 7.14. The summed E-state index contributed by atoms with van der Waals surface area (Å²) < 4.78 is 13.7. The number of amides is 1. The first-order valence-corrected chi connectivity index (χ1v) is 12.8. The number of fused-ring (bicyclic) bond motifs is 2. The molecular formula is C29H18FN7OS. The van der Waals surface area contributed by atoms with Crippen LogP contribution in [0.5, 0.6) is 0 Å². The number of nitrogens with one attached hydrogen (secondary N) is 3. The lowest BCUT2D eigenvalue weighted by molar-refractivity contribution is 0.102. The van der Waals surface area contributed by atoms with Gasteiger partial charge >= 0.3 is 0 Å². The van der Waals surface area contributed by atoms with E-state index >= 15 is 0 Å². The van der Waals surface area contributed by atoms with Crippen molar-refractivity contribution in [3.05, 3.63) is 102 Å². The molecule has 39 heavy (non-hydrogen) atoms. The second kappa shape index (κ2) is 9.26. The highest BCUT2D eigenvalue weighted by Crippen LogP contribution is 2.36. The average molecular weight is 532 g/mol. The normalized spacial score (nSPS) is 11.3. The van der Waals surface area contributed by atoms with Crippen LogP contribution in [0.2, 0.25) is 0 Å². The maximum atomic E-state index is 13.7. The van der Waals surface area contributed by atoms with Gasteiger partial charge in [-0.15, -0.1) is 11.3 Å². The highest BCUT2D eigenvalue weighted by atomic mass is 32.1. The van der Waals surface area contributed by atoms with E-state index in [0.717, 1.165) is 49.3 Å². The van der Waals surface area contributed by atoms with Crippen molar-refractivity contribution in [2.45, 2.75) is 0 Å². The van der Waals surface area contributed by atoms with Crippen molar-refractivity contribution >= 4 is 44.9 Å². The Morgan fingerprint density at radius 1 is 0.923 bits per heavy atom. The van der Waals surface area contributed by atoms with Gasteiger partial charge in [0.15, 0.2) is 5.13 Å². The molecule has 7 aromatic rings. The molecule has 0 bridgehead atoms. The molecule has 7 rings (SSSR count). The van der Waals surface area contributed by atoms with Gasteiger partial charge in [-0.25, -0.2) is 4.98 Å². The number of H-pyrrole nitrogens is 2. The second-order valence-electron chi connectivity index (χ2n) is 8.88. The molecule has 6 heterocycles. The molecule has 0 aliphatic rings. The lowest BCUT2D eigenvalue weighted by Crippen LogP contribution is -2.11. The summed E-state index contributed by atoms with van der Waals surface area (Å²) in [5.74, 6) is -0.216. The van der Waals surface area contributed by atoms with Gasteiger partial charge in [0.25, 0.3) is 5.91 Å². The fraction of sp³-hybridized carbons (Fsp3) is 0. The van der Waals surface area contributed by atoms with Crippen molar-refractivity contribution in [2.75, 3.05) is 5.32 Å². The average Bonchev–Trinajstić information content (AvgIpc) is 3.71. The number of thiophene rings is 1. The third-order valence-electron chi connectivity index (χ3n) is 6.40. The predicted octanol–water partition coefficient (Wildman–Crippen LogP) is 6.68. The minimum atomic E-state index is -0.234. The van der Waals surface area contributed by atoms with Crippen LogP contribution in [-0.2, 0) is 0 Å². The number of pyridine rings is 3. The Morgan fingerprint density at radius 2 is 1.82 bits per heavy atom. The van der Waals surface area contributed by atoms with E-state index in [2.05, 4.69) is 35.5 Å². The molecule has 0 atom stereocenters. The van der Waals surface area contributed by atoms with Crippen molar-refractivity contribution in [2.24, 2.45) is 0 Å². The van der Waals surface area contributed by atoms with Crippen molar-refractivity contribution in [3.63, 3.8) is 0 Å². The van der Waals surface area contributed by atoms with Gasteiger partial charge in [0.2, 0.25) is 0 Å². The summed E-state index contributed by atoms with van der Waals surface area (Å²) in [6.45, 7) is 0. The minimum absolute atomic E-state index is 0.216. The minimum Gasteiger partial charge on any atom is -0.338 e. The smallest absolute Gasteiger partial charge is 0.255 e. The summed E-state index contributed by atoms with van der Waals surface area (Å²) in [6, 6.07) is 19.9. The number of hydrogen-bond acceptors (Lipinski definition) is 6. The third-order valence-corrected chi connectivity index (χ3v) is 7.31. The molecule has 0 aliphatic carbocycles. The Hall–Kier alpha value is -5.22. The Kier molecular flexibility index (Phi) is 5.45. The number of aromatic amines is 2. The van der Waals surface area contributed by atoms with Crippen LogP contribution in [0.25, 0.3) is 55.0 Å². The van der Waals surface area contributed by atoms with Crippen molar-refractivity contribution < 1.29 is 9.18 Å². The number of nitrogens with zero attached hydrogens (tertiary/aromatic N) is 4. The zero-order chi connectivity index (χ0) is 26.3. The molecule has 0 radical (unpaired) electrons. The molecule has 0 aliphatic heterocycles. The van der Waals surface area contributed by atoms with Gasteiger partial charge < -0.3 is 10.3 Å². The number of carbonyl (C=O) groups is 1. The fourth-order valence-electron chi connectivity index (χ4n) is 4.55. The van der Waals surface area contributed by atoms with Crippen LogP contribution in [0.15, 0.2) is 91.5 Å². The van der Waals surface area contributed by atoms with Gasteiger partial charge in [0.1, 0.15) is 11.3 Å². The van der Waals surface area contributed by atoms with Gasteiger partial charge in [-0.3, -0.25) is 19.9 Å². The molecule has 0 saturated carbocycles. The van der Waals surface area contributed by atoms with E-state index in [1.165, 1.54) is 6.07 Å². The van der Waals surface area contributed by atoms with Gasteiger partial charge in [-0.1, -0.05) is 18.2 Å². The Bertz CT molecular complexity index is 1990. The van der Waals surface area contributed by atoms with E-state index < -0.39 is 0 Å². The second-order valence-corrected chi connectivity index (χ2v) is 9.91. The van der Waals surface area contributed by atoms with E-state index in [0.29, 0.717) is 28.3 Å². The summed E-state index contributed by atoms with van der Waals surface area (Å²) in [7, 11) is 0. The summed E-state index contributed by atoms with van der Waals surface area (Å²) in [5.41, 5.74) is 6.38. The molecule has 0 spiro atoms. The Balaban J connectivity index is 1.25. The van der Waals surface area contributed by atoms with E-state index in [4.69, 9.17) is 0 Å². The third kappa shape index (κ3) is 4.22. The van der Waals surface area contributed by atoms with Crippen LogP contribution in [-0.4, -0.2) is 36.0 Å². The molecule has 3 N–H and O–H groups in total. The van der Waals surface area contributed by atoms with E-state index in [-0.39, 0.29) is 11.0 Å². The lowest BCUT2D eigenvalue weighted by atomic mass is 10.1. The first-order chi connectivity index (χ1) is 19.1. The number of benzene rings is 1. The lowest BCUT2D eigenvalue weighted by Gasteiger charge is -2.07. The molecule has 1 amide bonds. The van der Waals surface area contributed by atoms with Crippen LogP contribution in [0.4, 0.5) is 10.1 Å². The molecule has 188 valence electrons. The van der Waals surface area contributed by atoms with E-state index in [1.807, 2.05) is 42.5 Å². The van der Waals surface area contributed by atoms with Gasteiger partial charge in [-0.2, -0.15) is 9.49 Å². The first kappa shape index (κ1) is 22.9. The van der Waals surface area contributed by atoms with E-state index in [9.17, 15) is 9.18 Å². The molecule has 6 aromatic heterocycles. The number of carbonyl (C=O) groups excluding carboxylic acids is 1. The number of anilines is 1. The summed E-state index contributed by atoms with van der Waals surface area (Å²) in [6.07, 6.45) is 6.72. The van der Waals surface area contributed by atoms with Crippen LogP contribution < -0.4 is 5.32 Å². The zero-order valence-corrected chi connectivity index (χ0v) is 21.0. The SMILES string of the molecule is O=C(Nc1cncc(-c2cc3c(-c4cc5c(-c6ccc(F)s6)ccnc5[nH]4)n[nH]c3cn2)c1)c1ccccc1. The maximum Gasteiger partial charge on any atom is 0.255 e. The monoisotopic (exact) mass is 531 g/mol. The van der Waals surface area contributed by atoms with Crippen LogP contribution in [0.1, 0.15) is 10.4 Å². The van der Waals surface area contributed by atoms with Gasteiger partial charge in [0, 0.05) is 44.7 Å². The van der Waals surface area contributed by atoms with Crippen LogP contribution in [0, 0.1) is 5.13 Å². The number of halogens is 1. The molecular weight excluding hydrogens is 513 g/mol. The summed E-state index contributed by atoms with van der Waals surface area (Å²) in [5, 5.41) is 12.0. The molecule has 0 fully saturated rings. The Morgan fingerprint density at radius 3 is 2.67 bits per heavy atom. The topological polar surface area (TPSA) is 112 Å². The standard InChI is InChI=1S/C29H18FN7OS/c30-26-7-6-25(39-26)19-8-9-32-28-20(19)11-23(35-28)27-21-12-22(33-15-24(21)36-37-27)17-10-18(14-31-13-17)34-29(38)16-4-2-1-3-5-16/h1-15H,(H,32,35)(H,34,38)(H,36,37). The molecule has 8 nitrogen and oxygen atoms in total. The van der Waals surface area contributed by atoms with Crippen molar-refractivity contribution in [1.29, 1.82) is 0 Å². The predicted molar refractivity (Wildman–Crippen MR) is 150 cm³/mol. The van der Waals surface area contributed by atoms with Crippen molar-refractivity contribution in [1.82, 2.24) is 30.1 Å². The highest BCUT2D eigenvalue weighted by Gasteiger charge is 2.16. The Labute approximate surface area is 224 Å². The van der Waals surface area contributed by atoms with Crippen molar-refractivity contribution in [3.8, 4) is 33.1 Å². The molecule has 0 unspecified atom stereocenters. The molecule has 10 heteroatoms. The quantitative estimate of drug-likeness (QED) is 0.229. The van der Waals surface area contributed by atoms with Crippen LogP contribution in [0.3, 0.4) is 0 Å². The van der Waals surface area contributed by atoms with Gasteiger partial charge in [0.05, 0.1) is 35.0 Å². The number of aromatic nitrogens is 6. The summed E-state index contributed by atoms with van der Waals surface area (Å²) >= 11 is 1.10. The zero-order valence-electron chi connectivity index (χ0n) is 20.1. The largest absolute Gasteiger partial charge is 0.338 e. The summed E-state index contributed by atoms with van der Waals surface area (Å²) in [4.78, 5) is 30.1. The van der Waals surface area contributed by atoms with Gasteiger partial charge in [-0.05, 0) is 48.5 Å². The first-order valence-electron chi connectivity index (χ1n) is 12.0. The molecule has 0 saturated heterocycles. The number of rotatable bonds is 5. The fourth-order valence-corrected chi connectivity index (χ4v) is 5.32. The van der Waals surface area contributed by atoms with Crippen LogP contribution >= 0.6 is 11.3 Å². The maximum absolute atomic E-state index is 13.7. The van der Waals surface area contributed by atoms with E-state index in [1.54, 1.807) is 43.0 Å². The molecule has 1 aromatic carbocycles.